The molecule has 0 saturated carbocycles. The fraction of sp³-hybridized carbons (Fsp3) is 0.400. The van der Waals surface area contributed by atoms with Gasteiger partial charge in [0, 0.05) is 12.7 Å². The molecule has 0 aliphatic carbocycles. The average molecular weight is 237 g/mol. The second kappa shape index (κ2) is 4.80. The summed E-state index contributed by atoms with van der Waals surface area (Å²) in [4.78, 5) is 0. The number of ether oxygens (including phenoxy) is 1. The number of nitrogens with two attached hydrogens (primary N) is 1. The quantitative estimate of drug-likeness (QED) is 0.820. The van der Waals surface area contributed by atoms with Crippen LogP contribution in [0.1, 0.15) is 17.2 Å². The first-order chi connectivity index (χ1) is 7.38. The van der Waals surface area contributed by atoms with Gasteiger partial charge in [0.1, 0.15) is 5.82 Å². The van der Waals surface area contributed by atoms with Crippen LogP contribution in [0.2, 0.25) is 0 Å². The molecule has 0 fully saturated rings. The van der Waals surface area contributed by atoms with Crippen LogP contribution in [-0.4, -0.2) is 13.7 Å². The van der Waals surface area contributed by atoms with Gasteiger partial charge < -0.3 is 10.5 Å². The number of methoxy groups -OCH3 is 1. The largest absolute Gasteiger partial charge is 0.419 e. The minimum Gasteiger partial charge on any atom is -0.383 e. The Balaban J connectivity index is 3.14. The summed E-state index contributed by atoms with van der Waals surface area (Å²) in [5, 5.41) is 0. The van der Waals surface area contributed by atoms with Crippen LogP contribution in [-0.2, 0) is 10.9 Å². The van der Waals surface area contributed by atoms with Crippen molar-refractivity contribution in [1.29, 1.82) is 0 Å². The van der Waals surface area contributed by atoms with Crippen molar-refractivity contribution in [2.24, 2.45) is 5.73 Å². The van der Waals surface area contributed by atoms with Crippen molar-refractivity contribution in [3.05, 3.63) is 35.1 Å². The SMILES string of the molecule is COCC(N)c1cccc(C(F)(F)F)c1F. The predicted octanol–water partition coefficient (Wildman–Crippen LogP) is 2.49. The van der Waals surface area contributed by atoms with E-state index >= 15 is 0 Å². The van der Waals surface area contributed by atoms with Crippen molar-refractivity contribution in [3.8, 4) is 0 Å². The molecule has 0 aromatic heterocycles. The standard InChI is InChI=1S/C10H11F4NO/c1-16-5-8(15)6-3-2-4-7(9(6)11)10(12,13)14/h2-4,8H,5,15H2,1H3. The van der Waals surface area contributed by atoms with Crippen molar-refractivity contribution in [2.45, 2.75) is 12.2 Å². The van der Waals surface area contributed by atoms with Gasteiger partial charge in [0.25, 0.3) is 0 Å². The molecule has 2 nitrogen and oxygen atoms in total. The summed E-state index contributed by atoms with van der Waals surface area (Å²) in [6.07, 6.45) is -4.72. The van der Waals surface area contributed by atoms with Gasteiger partial charge in [-0.1, -0.05) is 12.1 Å². The molecule has 1 aromatic rings. The molecule has 0 heterocycles. The number of benzene rings is 1. The lowest BCUT2D eigenvalue weighted by Crippen LogP contribution is -2.20. The topological polar surface area (TPSA) is 35.2 Å². The van der Waals surface area contributed by atoms with E-state index in [1.165, 1.54) is 13.2 Å². The maximum absolute atomic E-state index is 13.5. The van der Waals surface area contributed by atoms with Gasteiger partial charge in [-0.05, 0) is 6.07 Å². The van der Waals surface area contributed by atoms with E-state index in [9.17, 15) is 17.6 Å². The van der Waals surface area contributed by atoms with E-state index in [1.807, 2.05) is 0 Å². The van der Waals surface area contributed by atoms with E-state index in [1.54, 1.807) is 0 Å². The van der Waals surface area contributed by atoms with Gasteiger partial charge in [0.05, 0.1) is 18.2 Å². The first-order valence-corrected chi connectivity index (χ1v) is 4.48. The highest BCUT2D eigenvalue weighted by Gasteiger charge is 2.35. The zero-order valence-corrected chi connectivity index (χ0v) is 8.51. The fourth-order valence-corrected chi connectivity index (χ4v) is 1.32. The lowest BCUT2D eigenvalue weighted by atomic mass is 10.0. The second-order valence-electron chi connectivity index (χ2n) is 3.27. The van der Waals surface area contributed by atoms with Crippen molar-refractivity contribution >= 4 is 0 Å². The van der Waals surface area contributed by atoms with Crippen LogP contribution < -0.4 is 5.73 Å². The van der Waals surface area contributed by atoms with E-state index in [0.717, 1.165) is 6.07 Å². The number of alkyl halides is 3. The third kappa shape index (κ3) is 2.70. The Morgan fingerprint density at radius 3 is 2.50 bits per heavy atom. The number of hydrogen-bond acceptors (Lipinski definition) is 2. The van der Waals surface area contributed by atoms with Crippen LogP contribution in [0, 0.1) is 5.82 Å². The molecule has 0 spiro atoms. The monoisotopic (exact) mass is 237 g/mol. The van der Waals surface area contributed by atoms with Crippen molar-refractivity contribution in [1.82, 2.24) is 0 Å². The molecule has 0 aliphatic rings. The molecular weight excluding hydrogens is 226 g/mol. The summed E-state index contributed by atoms with van der Waals surface area (Å²) in [6.45, 7) is -0.0434. The van der Waals surface area contributed by atoms with Crippen molar-refractivity contribution in [3.63, 3.8) is 0 Å². The molecule has 1 atom stereocenters. The van der Waals surface area contributed by atoms with Gasteiger partial charge in [-0.2, -0.15) is 13.2 Å². The molecule has 1 aromatic carbocycles. The Morgan fingerprint density at radius 1 is 1.38 bits per heavy atom. The van der Waals surface area contributed by atoms with Gasteiger partial charge in [0.2, 0.25) is 0 Å². The van der Waals surface area contributed by atoms with E-state index in [4.69, 9.17) is 5.73 Å². The minimum atomic E-state index is -4.72. The molecule has 0 saturated heterocycles. The smallest absolute Gasteiger partial charge is 0.383 e. The highest BCUT2D eigenvalue weighted by molar-refractivity contribution is 5.30. The highest BCUT2D eigenvalue weighted by atomic mass is 19.4. The molecule has 0 amide bonds. The van der Waals surface area contributed by atoms with Crippen LogP contribution in [0.3, 0.4) is 0 Å². The lowest BCUT2D eigenvalue weighted by Gasteiger charge is -2.15. The molecule has 1 unspecified atom stereocenters. The highest BCUT2D eigenvalue weighted by Crippen LogP contribution is 2.33. The van der Waals surface area contributed by atoms with Crippen LogP contribution in [0.15, 0.2) is 18.2 Å². The van der Waals surface area contributed by atoms with Gasteiger partial charge in [-0.15, -0.1) is 0 Å². The molecule has 0 aliphatic heterocycles. The lowest BCUT2D eigenvalue weighted by molar-refractivity contribution is -0.140. The molecule has 0 radical (unpaired) electrons. The summed E-state index contributed by atoms with van der Waals surface area (Å²) in [5.41, 5.74) is 3.98. The molecule has 0 bridgehead atoms. The summed E-state index contributed by atoms with van der Waals surface area (Å²) in [5.74, 6) is -1.33. The van der Waals surface area contributed by atoms with E-state index < -0.39 is 23.6 Å². The van der Waals surface area contributed by atoms with Gasteiger partial charge in [0.15, 0.2) is 0 Å². The first kappa shape index (κ1) is 12.9. The van der Waals surface area contributed by atoms with Crippen LogP contribution in [0.4, 0.5) is 17.6 Å². The maximum Gasteiger partial charge on any atom is 0.419 e. The predicted molar refractivity (Wildman–Crippen MR) is 50.2 cm³/mol. The van der Waals surface area contributed by atoms with Gasteiger partial charge in [-0.25, -0.2) is 4.39 Å². The third-order valence-corrected chi connectivity index (χ3v) is 2.08. The van der Waals surface area contributed by atoms with E-state index in [2.05, 4.69) is 4.74 Å². The Kier molecular flexibility index (Phi) is 3.88. The Hall–Kier alpha value is -1.14. The summed E-state index contributed by atoms with van der Waals surface area (Å²) < 4.78 is 55.3. The second-order valence-corrected chi connectivity index (χ2v) is 3.27. The Labute approximate surface area is 90.0 Å². The molecule has 1 rings (SSSR count). The summed E-state index contributed by atoms with van der Waals surface area (Å²) in [6, 6.07) is 2.11. The zero-order chi connectivity index (χ0) is 12.3. The van der Waals surface area contributed by atoms with Crippen molar-refractivity contribution in [2.75, 3.05) is 13.7 Å². The molecule has 6 heteroatoms. The molecule has 90 valence electrons. The maximum atomic E-state index is 13.5. The molecule has 2 N–H and O–H groups in total. The van der Waals surface area contributed by atoms with Crippen LogP contribution in [0.5, 0.6) is 0 Å². The van der Waals surface area contributed by atoms with Crippen LogP contribution >= 0.6 is 0 Å². The number of rotatable bonds is 3. The van der Waals surface area contributed by atoms with E-state index in [-0.39, 0.29) is 12.2 Å². The number of halogens is 4. The van der Waals surface area contributed by atoms with Crippen molar-refractivity contribution < 1.29 is 22.3 Å². The molecule has 16 heavy (non-hydrogen) atoms. The first-order valence-electron chi connectivity index (χ1n) is 4.48. The summed E-state index contributed by atoms with van der Waals surface area (Å²) >= 11 is 0. The number of hydrogen-bond donors (Lipinski definition) is 1. The van der Waals surface area contributed by atoms with E-state index in [0.29, 0.717) is 6.07 Å². The van der Waals surface area contributed by atoms with Gasteiger partial charge >= 0.3 is 6.18 Å². The zero-order valence-electron chi connectivity index (χ0n) is 8.51. The Morgan fingerprint density at radius 2 is 2.00 bits per heavy atom. The fourth-order valence-electron chi connectivity index (χ4n) is 1.32. The molecular formula is C10H11F4NO. The average Bonchev–Trinajstić information content (AvgIpc) is 2.16. The van der Waals surface area contributed by atoms with Gasteiger partial charge in [-0.3, -0.25) is 0 Å². The third-order valence-electron chi connectivity index (χ3n) is 2.08. The Bertz CT molecular complexity index is 364. The summed E-state index contributed by atoms with van der Waals surface area (Å²) in [7, 11) is 1.34. The van der Waals surface area contributed by atoms with Crippen LogP contribution in [0.25, 0.3) is 0 Å². The normalized spacial score (nSPS) is 13.9. The minimum absolute atomic E-state index is 0.0434.